The van der Waals surface area contributed by atoms with Crippen LogP contribution in [-0.2, 0) is 0 Å². The zero-order chi connectivity index (χ0) is 13.1. The molecule has 1 fully saturated rings. The molecule has 2 unspecified atom stereocenters. The molecule has 0 spiro atoms. The van der Waals surface area contributed by atoms with Gasteiger partial charge < -0.3 is 10.6 Å². The second-order valence-electron chi connectivity index (χ2n) is 4.96. The van der Waals surface area contributed by atoms with Gasteiger partial charge in [0.25, 0.3) is 0 Å². The van der Waals surface area contributed by atoms with Gasteiger partial charge in [-0.15, -0.1) is 0 Å². The maximum atomic E-state index is 9.21. The van der Waals surface area contributed by atoms with Crippen LogP contribution in [0.3, 0.4) is 0 Å². The summed E-state index contributed by atoms with van der Waals surface area (Å²) in [5, 5.41) is 9.21. The number of likely N-dealkylation sites (N-methyl/N-ethyl adjacent to an activating group) is 1. The Hall–Kier alpha value is -1.57. The molecule has 18 heavy (non-hydrogen) atoms. The Balaban J connectivity index is 2.33. The summed E-state index contributed by atoms with van der Waals surface area (Å²) in [6, 6.07) is 10.8. The second-order valence-corrected chi connectivity index (χ2v) is 4.96. The van der Waals surface area contributed by atoms with Crippen LogP contribution in [0.1, 0.15) is 12.5 Å². The Labute approximate surface area is 109 Å². The highest BCUT2D eigenvalue weighted by molar-refractivity contribution is 5.60. The number of rotatable bonds is 2. The van der Waals surface area contributed by atoms with Gasteiger partial charge in [0, 0.05) is 25.7 Å². The van der Waals surface area contributed by atoms with Crippen molar-refractivity contribution in [1.29, 1.82) is 5.26 Å². The number of para-hydroxylation sites is 1. The third kappa shape index (κ3) is 2.33. The summed E-state index contributed by atoms with van der Waals surface area (Å²) in [7, 11) is 2.13. The van der Waals surface area contributed by atoms with Crippen LogP contribution in [0.5, 0.6) is 0 Å². The molecular formula is C14H20N4. The molecule has 1 aromatic carbocycles. The Bertz CT molecular complexity index is 451. The lowest BCUT2D eigenvalue weighted by Gasteiger charge is -2.45. The van der Waals surface area contributed by atoms with Gasteiger partial charge in [-0.25, -0.2) is 0 Å². The lowest BCUT2D eigenvalue weighted by Crippen LogP contribution is -2.58. The van der Waals surface area contributed by atoms with Crippen LogP contribution < -0.4 is 10.6 Å². The summed E-state index contributed by atoms with van der Waals surface area (Å²) in [6.45, 7) is 4.67. The van der Waals surface area contributed by atoms with Crippen LogP contribution in [-0.4, -0.2) is 43.7 Å². The molecule has 1 heterocycles. The Morgan fingerprint density at radius 1 is 1.39 bits per heavy atom. The zero-order valence-electron chi connectivity index (χ0n) is 11.0. The zero-order valence-corrected chi connectivity index (χ0v) is 11.0. The summed E-state index contributed by atoms with van der Waals surface area (Å²) in [5.74, 6) is 0. The van der Waals surface area contributed by atoms with Crippen molar-refractivity contribution in [3.05, 3.63) is 29.8 Å². The number of hydrogen-bond acceptors (Lipinski definition) is 4. The summed E-state index contributed by atoms with van der Waals surface area (Å²) < 4.78 is 0. The van der Waals surface area contributed by atoms with E-state index >= 15 is 0 Å². The number of benzene rings is 1. The molecule has 0 aliphatic carbocycles. The second kappa shape index (κ2) is 5.38. The van der Waals surface area contributed by atoms with Crippen LogP contribution >= 0.6 is 0 Å². The van der Waals surface area contributed by atoms with E-state index in [4.69, 9.17) is 5.73 Å². The summed E-state index contributed by atoms with van der Waals surface area (Å²) >= 11 is 0. The van der Waals surface area contributed by atoms with E-state index < -0.39 is 0 Å². The van der Waals surface area contributed by atoms with Crippen molar-refractivity contribution in [1.82, 2.24) is 4.90 Å². The van der Waals surface area contributed by atoms with Crippen LogP contribution in [0.25, 0.3) is 0 Å². The third-order valence-electron chi connectivity index (χ3n) is 3.76. The molecule has 0 amide bonds. The summed E-state index contributed by atoms with van der Waals surface area (Å²) in [5.41, 5.74) is 7.62. The first-order chi connectivity index (χ1) is 8.67. The standard InChI is InChI=1S/C14H20N4/c1-11-9-18(13(8-16)10-17(11)2)14-6-4-3-5-12(14)7-15/h3-6,11,13H,8-10,16H2,1-2H3. The van der Waals surface area contributed by atoms with Gasteiger partial charge in [-0.05, 0) is 26.1 Å². The van der Waals surface area contributed by atoms with Crippen molar-refractivity contribution in [2.75, 3.05) is 31.6 Å². The van der Waals surface area contributed by atoms with Crippen molar-refractivity contribution in [2.45, 2.75) is 19.0 Å². The first-order valence-corrected chi connectivity index (χ1v) is 6.33. The first-order valence-electron chi connectivity index (χ1n) is 6.33. The topological polar surface area (TPSA) is 56.3 Å². The number of hydrogen-bond donors (Lipinski definition) is 1. The van der Waals surface area contributed by atoms with E-state index in [1.165, 1.54) is 0 Å². The molecule has 0 radical (unpaired) electrons. The van der Waals surface area contributed by atoms with E-state index in [0.717, 1.165) is 24.3 Å². The van der Waals surface area contributed by atoms with Crippen molar-refractivity contribution >= 4 is 5.69 Å². The van der Waals surface area contributed by atoms with Gasteiger partial charge in [-0.2, -0.15) is 5.26 Å². The predicted octanol–water partition coefficient (Wildman–Crippen LogP) is 1.03. The Morgan fingerprint density at radius 3 is 2.78 bits per heavy atom. The number of nitrogens with two attached hydrogens (primary N) is 1. The predicted molar refractivity (Wildman–Crippen MR) is 73.4 cm³/mol. The van der Waals surface area contributed by atoms with Gasteiger partial charge in [-0.1, -0.05) is 12.1 Å². The smallest absolute Gasteiger partial charge is 0.101 e. The minimum Gasteiger partial charge on any atom is -0.363 e. The minimum atomic E-state index is 0.278. The Kier molecular flexibility index (Phi) is 3.85. The number of piperazine rings is 1. The number of anilines is 1. The molecule has 4 heteroatoms. The molecule has 1 aliphatic heterocycles. The molecule has 96 valence electrons. The molecule has 2 N–H and O–H groups in total. The van der Waals surface area contributed by atoms with E-state index in [2.05, 4.69) is 29.8 Å². The number of nitrogens with zero attached hydrogens (tertiary/aromatic N) is 3. The fraction of sp³-hybridized carbons (Fsp3) is 0.500. The highest BCUT2D eigenvalue weighted by Crippen LogP contribution is 2.25. The monoisotopic (exact) mass is 244 g/mol. The first kappa shape index (κ1) is 12.9. The van der Waals surface area contributed by atoms with Gasteiger partial charge in [0.05, 0.1) is 17.3 Å². The van der Waals surface area contributed by atoms with E-state index in [-0.39, 0.29) is 6.04 Å². The molecule has 4 nitrogen and oxygen atoms in total. The molecule has 1 saturated heterocycles. The lowest BCUT2D eigenvalue weighted by atomic mass is 10.0. The molecule has 0 aromatic heterocycles. The normalized spacial score (nSPS) is 24.9. The van der Waals surface area contributed by atoms with Gasteiger partial charge in [-0.3, -0.25) is 4.90 Å². The molecule has 0 bridgehead atoms. The largest absolute Gasteiger partial charge is 0.363 e. The molecule has 0 saturated carbocycles. The van der Waals surface area contributed by atoms with Crippen molar-refractivity contribution < 1.29 is 0 Å². The maximum Gasteiger partial charge on any atom is 0.101 e. The molecule has 2 atom stereocenters. The lowest BCUT2D eigenvalue weighted by molar-refractivity contribution is 0.202. The van der Waals surface area contributed by atoms with Gasteiger partial charge in [0.15, 0.2) is 0 Å². The van der Waals surface area contributed by atoms with Crippen LogP contribution in [0.2, 0.25) is 0 Å². The van der Waals surface area contributed by atoms with E-state index in [1.807, 2.05) is 24.3 Å². The molecule has 1 aromatic rings. The average molecular weight is 244 g/mol. The van der Waals surface area contributed by atoms with E-state index in [9.17, 15) is 5.26 Å². The molecule has 1 aliphatic rings. The molecule has 2 rings (SSSR count). The summed E-state index contributed by atoms with van der Waals surface area (Å²) in [4.78, 5) is 4.60. The fourth-order valence-electron chi connectivity index (χ4n) is 2.50. The van der Waals surface area contributed by atoms with Gasteiger partial charge >= 0.3 is 0 Å². The SMILES string of the molecule is CC1CN(c2ccccc2C#N)C(CN)CN1C. The van der Waals surface area contributed by atoms with Gasteiger partial charge in [0.1, 0.15) is 6.07 Å². The Morgan fingerprint density at radius 2 is 2.11 bits per heavy atom. The fourth-order valence-corrected chi connectivity index (χ4v) is 2.50. The number of nitriles is 1. The van der Waals surface area contributed by atoms with E-state index in [1.54, 1.807) is 0 Å². The van der Waals surface area contributed by atoms with Crippen LogP contribution in [0.4, 0.5) is 5.69 Å². The van der Waals surface area contributed by atoms with Crippen molar-refractivity contribution in [2.24, 2.45) is 5.73 Å². The average Bonchev–Trinajstić information content (AvgIpc) is 2.41. The molecular weight excluding hydrogens is 224 g/mol. The van der Waals surface area contributed by atoms with Crippen LogP contribution in [0.15, 0.2) is 24.3 Å². The van der Waals surface area contributed by atoms with Crippen molar-refractivity contribution in [3.63, 3.8) is 0 Å². The quantitative estimate of drug-likeness (QED) is 0.844. The maximum absolute atomic E-state index is 9.21. The van der Waals surface area contributed by atoms with Crippen LogP contribution in [0, 0.1) is 11.3 Å². The minimum absolute atomic E-state index is 0.278. The van der Waals surface area contributed by atoms with Crippen molar-refractivity contribution in [3.8, 4) is 6.07 Å². The third-order valence-corrected chi connectivity index (χ3v) is 3.76. The highest BCUT2D eigenvalue weighted by Gasteiger charge is 2.29. The summed E-state index contributed by atoms with van der Waals surface area (Å²) in [6.07, 6.45) is 0. The van der Waals surface area contributed by atoms with E-state index in [0.29, 0.717) is 12.6 Å². The highest BCUT2D eigenvalue weighted by atomic mass is 15.3. The van der Waals surface area contributed by atoms with Gasteiger partial charge in [0.2, 0.25) is 0 Å².